The minimum Gasteiger partial charge on any atom is -0.335 e. The fraction of sp³-hybridized carbons (Fsp3) is 0.600. The predicted molar refractivity (Wildman–Crippen MR) is 78.1 cm³/mol. The number of halogens is 1. The average Bonchev–Trinajstić information content (AvgIpc) is 2.49. The lowest BCUT2D eigenvalue weighted by atomic mass is 9.78. The second-order valence-electron chi connectivity index (χ2n) is 5.82. The quantitative estimate of drug-likeness (QED) is 0.866. The molecule has 2 atom stereocenters. The predicted octanol–water partition coefficient (Wildman–Crippen LogP) is 2.82. The summed E-state index contributed by atoms with van der Waals surface area (Å²) in [5, 5.41) is 0.0769. The second-order valence-corrected chi connectivity index (χ2v) is 6.23. The Balaban J connectivity index is 1.84. The van der Waals surface area contributed by atoms with E-state index in [2.05, 4.69) is 4.98 Å². The van der Waals surface area contributed by atoms with E-state index in [0.717, 1.165) is 19.4 Å². The summed E-state index contributed by atoms with van der Waals surface area (Å²) in [6, 6.07) is 1.85. The van der Waals surface area contributed by atoms with Gasteiger partial charge in [0.05, 0.1) is 5.56 Å². The van der Waals surface area contributed by atoms with Crippen LogP contribution in [0.25, 0.3) is 0 Å². The first-order valence-electron chi connectivity index (χ1n) is 7.36. The summed E-state index contributed by atoms with van der Waals surface area (Å²) >= 11 is 5.82. The molecule has 3 rings (SSSR count). The second kappa shape index (κ2) is 5.60. The Morgan fingerprint density at radius 2 is 2.00 bits per heavy atom. The van der Waals surface area contributed by atoms with Crippen LogP contribution in [-0.4, -0.2) is 28.4 Å². The summed E-state index contributed by atoms with van der Waals surface area (Å²) in [5.41, 5.74) is 0.137. The monoisotopic (exact) mass is 294 g/mol. The number of carbonyl (C=O) groups excluding carboxylic acids is 1. The molecule has 1 aromatic heterocycles. The van der Waals surface area contributed by atoms with Gasteiger partial charge in [-0.3, -0.25) is 9.59 Å². The minimum absolute atomic E-state index is 0.000231. The molecule has 0 unspecified atom stereocenters. The highest BCUT2D eigenvalue weighted by molar-refractivity contribution is 6.30. The Bertz CT molecular complexity index is 567. The van der Waals surface area contributed by atoms with Gasteiger partial charge in [0.15, 0.2) is 0 Å². The molecule has 20 heavy (non-hydrogen) atoms. The number of amides is 1. The molecule has 1 amide bonds. The van der Waals surface area contributed by atoms with Crippen molar-refractivity contribution in [2.24, 2.45) is 5.92 Å². The first-order chi connectivity index (χ1) is 9.66. The summed E-state index contributed by atoms with van der Waals surface area (Å²) in [5.74, 6) is 0.652. The summed E-state index contributed by atoms with van der Waals surface area (Å²) in [4.78, 5) is 28.5. The van der Waals surface area contributed by atoms with Gasteiger partial charge in [0.25, 0.3) is 11.5 Å². The molecule has 1 aliphatic heterocycles. The number of hydrogen-bond acceptors (Lipinski definition) is 2. The number of nitrogens with zero attached hydrogens (tertiary/aromatic N) is 1. The fourth-order valence-electron chi connectivity index (χ4n) is 3.62. The Kier molecular flexibility index (Phi) is 3.83. The van der Waals surface area contributed by atoms with Crippen LogP contribution in [0.15, 0.2) is 17.1 Å². The Morgan fingerprint density at radius 3 is 2.80 bits per heavy atom. The van der Waals surface area contributed by atoms with Crippen LogP contribution in [-0.2, 0) is 0 Å². The maximum absolute atomic E-state index is 12.7. The lowest BCUT2D eigenvalue weighted by molar-refractivity contribution is 0.0390. The largest absolute Gasteiger partial charge is 0.335 e. The first-order valence-corrected chi connectivity index (χ1v) is 7.74. The van der Waals surface area contributed by atoms with E-state index >= 15 is 0 Å². The molecule has 2 heterocycles. The summed E-state index contributed by atoms with van der Waals surface area (Å²) in [6.45, 7) is 0.816. The Labute approximate surface area is 123 Å². The van der Waals surface area contributed by atoms with E-state index in [-0.39, 0.29) is 16.5 Å². The van der Waals surface area contributed by atoms with Crippen LogP contribution >= 0.6 is 11.6 Å². The van der Waals surface area contributed by atoms with Crippen LogP contribution in [0.5, 0.6) is 0 Å². The van der Waals surface area contributed by atoms with Crippen LogP contribution in [0.1, 0.15) is 48.9 Å². The van der Waals surface area contributed by atoms with E-state index in [9.17, 15) is 9.59 Å². The minimum atomic E-state index is -0.350. The third kappa shape index (κ3) is 2.49. The number of aromatic amines is 1. The van der Waals surface area contributed by atoms with Crippen LogP contribution in [0.3, 0.4) is 0 Å². The smallest absolute Gasteiger partial charge is 0.266 e. The molecule has 1 N–H and O–H groups in total. The highest BCUT2D eigenvalue weighted by atomic mass is 35.5. The molecule has 0 radical (unpaired) electrons. The molecule has 1 aliphatic carbocycles. The van der Waals surface area contributed by atoms with Gasteiger partial charge < -0.3 is 9.88 Å². The van der Waals surface area contributed by atoms with Gasteiger partial charge in [-0.05, 0) is 37.7 Å². The van der Waals surface area contributed by atoms with Gasteiger partial charge >= 0.3 is 0 Å². The molecular weight excluding hydrogens is 276 g/mol. The van der Waals surface area contributed by atoms with Crippen molar-refractivity contribution in [3.8, 4) is 0 Å². The average molecular weight is 295 g/mol. The number of hydrogen-bond donors (Lipinski definition) is 1. The molecule has 1 saturated heterocycles. The summed E-state index contributed by atoms with van der Waals surface area (Å²) in [7, 11) is 0. The number of nitrogens with one attached hydrogen (secondary N) is 1. The van der Waals surface area contributed by atoms with Gasteiger partial charge in [-0.2, -0.15) is 0 Å². The van der Waals surface area contributed by atoms with Crippen molar-refractivity contribution in [2.75, 3.05) is 6.54 Å². The van der Waals surface area contributed by atoms with Crippen LogP contribution < -0.4 is 5.56 Å². The normalized spacial score (nSPS) is 26.1. The van der Waals surface area contributed by atoms with E-state index in [1.807, 2.05) is 4.90 Å². The van der Waals surface area contributed by atoms with Crippen molar-refractivity contribution < 1.29 is 4.79 Å². The zero-order chi connectivity index (χ0) is 14.1. The number of pyridine rings is 1. The maximum atomic E-state index is 12.7. The lowest BCUT2D eigenvalue weighted by Crippen LogP contribution is -2.49. The molecule has 1 saturated carbocycles. The van der Waals surface area contributed by atoms with Gasteiger partial charge in [0.1, 0.15) is 5.02 Å². The van der Waals surface area contributed by atoms with Crippen molar-refractivity contribution >= 4 is 17.5 Å². The lowest BCUT2D eigenvalue weighted by Gasteiger charge is -2.44. The molecule has 5 heteroatoms. The van der Waals surface area contributed by atoms with E-state index in [4.69, 9.17) is 11.6 Å². The molecule has 1 aromatic rings. The molecule has 4 nitrogen and oxygen atoms in total. The zero-order valence-corrected chi connectivity index (χ0v) is 12.2. The van der Waals surface area contributed by atoms with Crippen LogP contribution in [0, 0.1) is 5.92 Å². The van der Waals surface area contributed by atoms with E-state index in [1.54, 1.807) is 0 Å². The van der Waals surface area contributed by atoms with Gasteiger partial charge in [-0.1, -0.05) is 24.4 Å². The maximum Gasteiger partial charge on any atom is 0.266 e. The van der Waals surface area contributed by atoms with Crippen LogP contribution in [0.2, 0.25) is 5.02 Å². The highest BCUT2D eigenvalue weighted by Crippen LogP contribution is 2.35. The van der Waals surface area contributed by atoms with Crippen LogP contribution in [0.4, 0.5) is 0 Å². The molecule has 0 spiro atoms. The summed E-state index contributed by atoms with van der Waals surface area (Å²) in [6.07, 6.45) is 8.62. The number of fused-ring (bicyclic) bond motifs is 1. The number of rotatable bonds is 1. The van der Waals surface area contributed by atoms with E-state index in [0.29, 0.717) is 17.5 Å². The Hall–Kier alpha value is -1.29. The fourth-order valence-corrected chi connectivity index (χ4v) is 3.79. The third-order valence-corrected chi connectivity index (χ3v) is 4.89. The standard InChI is InChI=1S/C15H19ClN2O2/c16-12-8-11(9-17-14(12)19)15(20)18-7-3-5-10-4-1-2-6-13(10)18/h8-10,13H,1-7H2,(H,17,19)/t10-,13-/m1/s1. The Morgan fingerprint density at radius 1 is 1.25 bits per heavy atom. The van der Waals surface area contributed by atoms with Crippen molar-refractivity contribution in [1.82, 2.24) is 9.88 Å². The van der Waals surface area contributed by atoms with Gasteiger partial charge in [-0.25, -0.2) is 0 Å². The zero-order valence-electron chi connectivity index (χ0n) is 11.4. The number of aromatic nitrogens is 1. The van der Waals surface area contributed by atoms with Crippen molar-refractivity contribution in [1.29, 1.82) is 0 Å². The first kappa shape index (κ1) is 13.7. The topological polar surface area (TPSA) is 53.2 Å². The molecule has 0 bridgehead atoms. The van der Waals surface area contributed by atoms with Crippen molar-refractivity contribution in [3.63, 3.8) is 0 Å². The third-order valence-electron chi connectivity index (χ3n) is 4.61. The van der Waals surface area contributed by atoms with Crippen molar-refractivity contribution in [3.05, 3.63) is 33.2 Å². The highest BCUT2D eigenvalue weighted by Gasteiger charge is 2.36. The van der Waals surface area contributed by atoms with E-state index < -0.39 is 0 Å². The summed E-state index contributed by atoms with van der Waals surface area (Å²) < 4.78 is 0. The van der Waals surface area contributed by atoms with Gasteiger partial charge in [0, 0.05) is 18.8 Å². The molecular formula is C15H19ClN2O2. The number of piperidine rings is 1. The number of likely N-dealkylation sites (tertiary alicyclic amines) is 1. The molecule has 108 valence electrons. The number of H-pyrrole nitrogens is 1. The van der Waals surface area contributed by atoms with Crippen molar-refractivity contribution in [2.45, 2.75) is 44.6 Å². The number of carbonyl (C=O) groups is 1. The molecule has 0 aromatic carbocycles. The van der Waals surface area contributed by atoms with Gasteiger partial charge in [0.2, 0.25) is 0 Å². The molecule has 2 fully saturated rings. The molecule has 2 aliphatic rings. The SMILES string of the molecule is O=C(c1c[nH]c(=O)c(Cl)c1)N1CCC[C@H]2CCCC[C@H]21. The van der Waals surface area contributed by atoms with E-state index in [1.165, 1.54) is 37.9 Å². The van der Waals surface area contributed by atoms with Gasteiger partial charge in [-0.15, -0.1) is 0 Å².